The minimum atomic E-state index is 0. The second-order valence-corrected chi connectivity index (χ2v) is 2.41. The van der Waals surface area contributed by atoms with Crippen LogP contribution in [-0.4, -0.2) is 0 Å². The fraction of sp³-hybridized carbons (Fsp3) is 0.800. The van der Waals surface area contributed by atoms with Gasteiger partial charge in [0, 0.05) is 0 Å². The van der Waals surface area contributed by atoms with Gasteiger partial charge in [-0.25, -0.2) is 0 Å². The van der Waals surface area contributed by atoms with Crippen LogP contribution in [0.2, 0.25) is 0 Å². The minimum absolute atomic E-state index is 0. The van der Waals surface area contributed by atoms with Gasteiger partial charge in [-0.2, -0.15) is 12.8 Å². The Morgan fingerprint density at radius 3 is 1.17 bits per heavy atom. The summed E-state index contributed by atoms with van der Waals surface area (Å²) in [5.41, 5.74) is 0. The van der Waals surface area contributed by atoms with Crippen molar-refractivity contribution < 1.29 is 37.4 Å². The monoisotopic (exact) mass is 213 g/mol. The van der Waals surface area contributed by atoms with E-state index in [-0.39, 0.29) is 37.4 Å². The predicted molar refractivity (Wildman–Crippen MR) is 50.9 cm³/mol. The van der Waals surface area contributed by atoms with E-state index in [0.29, 0.717) is 0 Å². The van der Waals surface area contributed by atoms with Crippen LogP contribution in [0.5, 0.6) is 0 Å². The zero-order valence-corrected chi connectivity index (χ0v) is 9.90. The Morgan fingerprint density at radius 2 is 1.17 bits per heavy atom. The number of unbranched alkanes of at least 4 members (excludes halogenated alkanes) is 4. The van der Waals surface area contributed by atoms with Crippen LogP contribution in [0.3, 0.4) is 0 Å². The molecule has 0 spiro atoms. The summed E-state index contributed by atoms with van der Waals surface area (Å²) in [7, 11) is 0. The van der Waals surface area contributed by atoms with Gasteiger partial charge in [-0.3, -0.25) is 0 Å². The van der Waals surface area contributed by atoms with Crippen molar-refractivity contribution in [1.29, 1.82) is 0 Å². The molecule has 2 heteroatoms. The maximum Gasteiger partial charge on any atom is 2.00 e. The summed E-state index contributed by atoms with van der Waals surface area (Å²) in [6.07, 6.45) is 7.31. The molecule has 0 aliphatic carbocycles. The van der Waals surface area contributed by atoms with Gasteiger partial charge in [0.25, 0.3) is 0 Å². The van der Waals surface area contributed by atoms with Crippen molar-refractivity contribution in [2.24, 2.45) is 0 Å². The largest absolute Gasteiger partial charge is 2.00 e. The first-order chi connectivity index (χ1) is 4.83. The van der Waals surface area contributed by atoms with Gasteiger partial charge in [-0.15, -0.1) is 0 Å². The summed E-state index contributed by atoms with van der Waals surface area (Å²) in [5, 5.41) is 0. The molecule has 0 rings (SSSR count). The Balaban J connectivity index is -0.0000000267. The Labute approximate surface area is 103 Å². The summed E-state index contributed by atoms with van der Waals surface area (Å²) in [5.74, 6) is 0. The average molecular weight is 214 g/mol. The molecule has 0 bridgehead atoms. The molecule has 0 N–H and O–H groups in total. The smallest absolute Gasteiger partial charge is 1.00 e. The van der Waals surface area contributed by atoms with Gasteiger partial charge in [0.05, 0.1) is 0 Å². The van der Waals surface area contributed by atoms with E-state index < -0.39 is 0 Å². The zero-order valence-electron chi connectivity index (χ0n) is 9.96. The minimum Gasteiger partial charge on any atom is -1.00 e. The van der Waals surface area contributed by atoms with Gasteiger partial charge in [0.1, 0.15) is 0 Å². The van der Waals surface area contributed by atoms with E-state index in [9.17, 15) is 0 Å². The molecular weight excluding hydrogens is 191 g/mol. The third-order valence-electron chi connectivity index (χ3n) is 1.21. The second kappa shape index (κ2) is 29.6. The van der Waals surface area contributed by atoms with Gasteiger partial charge in [0.15, 0.2) is 0 Å². The van der Waals surface area contributed by atoms with Crippen molar-refractivity contribution >= 4 is 0 Å². The summed E-state index contributed by atoms with van der Waals surface area (Å²) in [4.78, 5) is 0. The molecule has 0 saturated carbocycles. The van der Waals surface area contributed by atoms with Crippen molar-refractivity contribution in [2.75, 3.05) is 0 Å². The summed E-state index contributed by atoms with van der Waals surface area (Å²) in [6.45, 7) is 11.7. The number of hydrogen-bond donors (Lipinski definition) is 0. The number of hydrogen-bond acceptors (Lipinski definition) is 0. The molecule has 75 valence electrons. The second-order valence-electron chi connectivity index (χ2n) is 2.41. The Kier molecular flexibility index (Phi) is 57.1. The SMILES string of the molecule is [CH2-]CCCC.[CH2-]CCCC.[Cu+2].[H-].[Li+]. The molecule has 0 fully saturated rings. The standard InChI is InChI=1S/2C5H11.Cu.Li.H/c2*1-3-5-4-2;;;/h2*1,3-5H2,2H3;;;/q2*-1;+2;+1;-1. The van der Waals surface area contributed by atoms with Gasteiger partial charge < -0.3 is 15.3 Å². The Bertz CT molecular complexity index is 35.9. The normalized spacial score (nSPS) is 7.00. The fourth-order valence-electron chi connectivity index (χ4n) is 0.500. The van der Waals surface area contributed by atoms with Crippen molar-refractivity contribution in [3.63, 3.8) is 0 Å². The van der Waals surface area contributed by atoms with E-state index >= 15 is 0 Å². The van der Waals surface area contributed by atoms with Gasteiger partial charge >= 0.3 is 35.9 Å². The fourth-order valence-corrected chi connectivity index (χ4v) is 0.500. The molecular formula is C10H23CuLi. The third-order valence-corrected chi connectivity index (χ3v) is 1.21. The Hall–Kier alpha value is 1.12. The molecule has 1 radical (unpaired) electrons. The van der Waals surface area contributed by atoms with Crippen molar-refractivity contribution in [3.8, 4) is 0 Å². The molecule has 0 nitrogen and oxygen atoms in total. The molecule has 0 saturated heterocycles. The first-order valence-electron chi connectivity index (χ1n) is 4.41. The van der Waals surface area contributed by atoms with Crippen LogP contribution in [0.25, 0.3) is 0 Å². The van der Waals surface area contributed by atoms with E-state index in [4.69, 9.17) is 0 Å². The zero-order chi connectivity index (χ0) is 8.24. The quantitative estimate of drug-likeness (QED) is 0.486. The molecule has 0 atom stereocenters. The van der Waals surface area contributed by atoms with Crippen LogP contribution in [0.1, 0.15) is 53.8 Å². The van der Waals surface area contributed by atoms with E-state index in [0.717, 1.165) is 12.8 Å². The molecule has 12 heavy (non-hydrogen) atoms. The van der Waals surface area contributed by atoms with Crippen molar-refractivity contribution in [1.82, 2.24) is 0 Å². The van der Waals surface area contributed by atoms with Crippen LogP contribution >= 0.6 is 0 Å². The first-order valence-corrected chi connectivity index (χ1v) is 4.41. The molecule has 0 aromatic rings. The van der Waals surface area contributed by atoms with Crippen LogP contribution in [0, 0.1) is 13.8 Å². The first kappa shape index (κ1) is 23.2. The molecule has 0 aliphatic heterocycles. The van der Waals surface area contributed by atoms with Crippen LogP contribution < -0.4 is 18.9 Å². The molecule has 0 aliphatic rings. The summed E-state index contributed by atoms with van der Waals surface area (Å²) >= 11 is 0. The molecule has 0 amide bonds. The van der Waals surface area contributed by atoms with Crippen molar-refractivity contribution in [3.05, 3.63) is 13.8 Å². The van der Waals surface area contributed by atoms with E-state index in [2.05, 4.69) is 27.7 Å². The third kappa shape index (κ3) is 43.5. The summed E-state index contributed by atoms with van der Waals surface area (Å²) < 4.78 is 0. The molecule has 0 heterocycles. The molecule has 0 unspecified atom stereocenters. The average Bonchev–Trinajstić information content (AvgIpc) is 1.93. The van der Waals surface area contributed by atoms with E-state index in [1.54, 1.807) is 0 Å². The van der Waals surface area contributed by atoms with E-state index in [1.165, 1.54) is 25.7 Å². The van der Waals surface area contributed by atoms with Crippen LogP contribution in [0.15, 0.2) is 0 Å². The van der Waals surface area contributed by atoms with Gasteiger partial charge in [-0.1, -0.05) is 39.5 Å². The maximum atomic E-state index is 3.68. The van der Waals surface area contributed by atoms with Crippen molar-refractivity contribution in [2.45, 2.75) is 52.4 Å². The molecule has 0 aromatic heterocycles. The topological polar surface area (TPSA) is 0 Å². The van der Waals surface area contributed by atoms with Crippen LogP contribution in [0.4, 0.5) is 0 Å². The predicted octanol–water partition coefficient (Wildman–Crippen LogP) is 1.14. The Morgan fingerprint density at radius 1 is 0.917 bits per heavy atom. The van der Waals surface area contributed by atoms with Gasteiger partial charge in [0.2, 0.25) is 0 Å². The van der Waals surface area contributed by atoms with Crippen LogP contribution in [-0.2, 0) is 17.1 Å². The number of rotatable bonds is 4. The van der Waals surface area contributed by atoms with Gasteiger partial charge in [-0.05, 0) is 0 Å². The summed E-state index contributed by atoms with van der Waals surface area (Å²) in [6, 6.07) is 0. The molecule has 0 aromatic carbocycles. The van der Waals surface area contributed by atoms with E-state index in [1.807, 2.05) is 0 Å². The maximum absolute atomic E-state index is 3.68.